The monoisotopic (exact) mass is 414 g/mol. The van der Waals surface area contributed by atoms with Crippen molar-refractivity contribution in [3.8, 4) is 0 Å². The van der Waals surface area contributed by atoms with Crippen LogP contribution in [0.2, 0.25) is 0 Å². The summed E-state index contributed by atoms with van der Waals surface area (Å²) in [6, 6.07) is 6.92. The third-order valence-corrected chi connectivity index (χ3v) is 4.71. The number of nitrogens with zero attached hydrogens (tertiary/aromatic N) is 3. The molecule has 2 aliphatic heterocycles. The molecule has 0 spiro atoms. The second-order valence-corrected chi connectivity index (χ2v) is 6.54. The Morgan fingerprint density at radius 3 is 2.81 bits per heavy atom. The summed E-state index contributed by atoms with van der Waals surface area (Å²) in [7, 11) is 1.63. The second kappa shape index (κ2) is 5.42. The van der Waals surface area contributed by atoms with Gasteiger partial charge in [-0.1, -0.05) is 28.1 Å². The molecule has 1 N–H and O–H groups in total. The molecule has 2 unspecified atom stereocenters. The highest BCUT2D eigenvalue weighted by Crippen LogP contribution is 2.28. The molecule has 2 atom stereocenters. The highest BCUT2D eigenvalue weighted by molar-refractivity contribution is 9.18. The number of fused-ring (bicyclic) bond motifs is 1. The lowest BCUT2D eigenvalue weighted by molar-refractivity contribution is -0.127. The molecule has 110 valence electrons. The van der Waals surface area contributed by atoms with E-state index in [2.05, 4.69) is 42.2 Å². The van der Waals surface area contributed by atoms with Crippen LogP contribution in [-0.2, 0) is 11.3 Å². The molecule has 3 rings (SSSR count). The average Bonchev–Trinajstić information content (AvgIpc) is 2.74. The zero-order chi connectivity index (χ0) is 15.1. The van der Waals surface area contributed by atoms with E-state index in [1.807, 2.05) is 29.2 Å². The highest BCUT2D eigenvalue weighted by Gasteiger charge is 2.47. The third-order valence-electron chi connectivity index (χ3n) is 3.55. The number of urea groups is 1. The van der Waals surface area contributed by atoms with E-state index in [1.165, 1.54) is 4.90 Å². The van der Waals surface area contributed by atoms with Gasteiger partial charge in [-0.3, -0.25) is 10.1 Å². The maximum absolute atomic E-state index is 12.1. The smallest absolute Gasteiger partial charge is 0.325 e. The number of benzene rings is 1. The number of carbonyl (C=O) groups excluding carboxylic acids is 2. The van der Waals surface area contributed by atoms with Crippen LogP contribution in [0.3, 0.4) is 0 Å². The van der Waals surface area contributed by atoms with Crippen LogP contribution in [0.25, 0.3) is 0 Å². The summed E-state index contributed by atoms with van der Waals surface area (Å²) >= 11 is 6.82. The molecule has 0 aliphatic carbocycles. The van der Waals surface area contributed by atoms with Crippen molar-refractivity contribution in [1.29, 1.82) is 0 Å². The molecule has 3 amide bonds. The molecule has 0 aromatic heterocycles. The van der Waals surface area contributed by atoms with Crippen molar-refractivity contribution in [3.05, 3.63) is 34.3 Å². The summed E-state index contributed by atoms with van der Waals surface area (Å²) in [5.74, 6) is -0.323. The van der Waals surface area contributed by atoms with E-state index >= 15 is 0 Å². The van der Waals surface area contributed by atoms with Gasteiger partial charge in [0.05, 0.1) is 0 Å². The van der Waals surface area contributed by atoms with E-state index in [4.69, 9.17) is 0 Å². The molecule has 2 aliphatic rings. The SMILES string of the molecule is CN1C(=O)NC(=O)C2C1N=C(Br)N2Cc1cccc(Br)c1. The Morgan fingerprint density at radius 1 is 1.33 bits per heavy atom. The van der Waals surface area contributed by atoms with Gasteiger partial charge in [-0.25, -0.2) is 9.79 Å². The first-order valence-electron chi connectivity index (χ1n) is 6.29. The van der Waals surface area contributed by atoms with Crippen LogP contribution < -0.4 is 5.32 Å². The van der Waals surface area contributed by atoms with Crippen LogP contribution in [-0.4, -0.2) is 45.7 Å². The van der Waals surface area contributed by atoms with Gasteiger partial charge in [0, 0.05) is 18.1 Å². The number of imide groups is 1. The first-order valence-corrected chi connectivity index (χ1v) is 7.88. The topological polar surface area (TPSA) is 65.0 Å². The number of carbonyl (C=O) groups is 2. The Kier molecular flexibility index (Phi) is 3.75. The lowest BCUT2D eigenvalue weighted by Crippen LogP contribution is -2.63. The number of amidine groups is 1. The normalized spacial score (nSPS) is 24.8. The summed E-state index contributed by atoms with van der Waals surface area (Å²) in [5, 5.41) is 2.35. The summed E-state index contributed by atoms with van der Waals surface area (Å²) in [4.78, 5) is 31.5. The minimum absolute atomic E-state index is 0.323. The number of aliphatic imine (C=N–C) groups is 1. The van der Waals surface area contributed by atoms with Crippen LogP contribution in [0.15, 0.2) is 33.7 Å². The fourth-order valence-electron chi connectivity index (χ4n) is 2.49. The molecule has 0 radical (unpaired) electrons. The number of halogens is 2. The quantitative estimate of drug-likeness (QED) is 0.750. The summed E-state index contributed by atoms with van der Waals surface area (Å²) in [6.45, 7) is 0.528. The standard InChI is InChI=1S/C13H12Br2N4O2/c1-18-10-9(11(20)17-13(18)21)19(12(15)16-10)6-7-3-2-4-8(14)5-7/h2-5,9-10H,6H2,1H3,(H,17,20,21). The van der Waals surface area contributed by atoms with Gasteiger partial charge in [-0.15, -0.1) is 0 Å². The van der Waals surface area contributed by atoms with Gasteiger partial charge in [0.15, 0.2) is 17.0 Å². The lowest BCUT2D eigenvalue weighted by Gasteiger charge is -2.35. The molecule has 21 heavy (non-hydrogen) atoms. The van der Waals surface area contributed by atoms with E-state index in [9.17, 15) is 9.59 Å². The van der Waals surface area contributed by atoms with Crippen LogP contribution in [0.4, 0.5) is 4.79 Å². The number of nitrogens with one attached hydrogen (secondary N) is 1. The molecule has 8 heteroatoms. The predicted molar refractivity (Wildman–Crippen MR) is 84.9 cm³/mol. The average molecular weight is 416 g/mol. The number of rotatable bonds is 2. The first kappa shape index (κ1) is 14.5. The lowest BCUT2D eigenvalue weighted by atomic mass is 10.1. The molecule has 1 aromatic carbocycles. The molecule has 0 bridgehead atoms. The van der Waals surface area contributed by atoms with Crippen LogP contribution in [0.1, 0.15) is 5.56 Å². The van der Waals surface area contributed by atoms with Gasteiger partial charge in [0.2, 0.25) is 0 Å². The highest BCUT2D eigenvalue weighted by atomic mass is 79.9. The van der Waals surface area contributed by atoms with Gasteiger partial charge in [0.1, 0.15) is 0 Å². The van der Waals surface area contributed by atoms with E-state index in [1.54, 1.807) is 7.05 Å². The van der Waals surface area contributed by atoms with Crippen molar-refractivity contribution < 1.29 is 9.59 Å². The Balaban J connectivity index is 1.88. The van der Waals surface area contributed by atoms with Crippen LogP contribution in [0.5, 0.6) is 0 Å². The minimum atomic E-state index is -0.513. The van der Waals surface area contributed by atoms with Crippen molar-refractivity contribution in [2.45, 2.75) is 18.8 Å². The summed E-state index contributed by atoms with van der Waals surface area (Å²) < 4.78 is 1.55. The molecule has 2 heterocycles. The fraction of sp³-hybridized carbons (Fsp3) is 0.308. The molecule has 1 aromatic rings. The molecular formula is C13H12Br2N4O2. The molecular weight excluding hydrogens is 404 g/mol. The zero-order valence-electron chi connectivity index (χ0n) is 11.1. The van der Waals surface area contributed by atoms with Gasteiger partial charge >= 0.3 is 6.03 Å². The maximum Gasteiger partial charge on any atom is 0.325 e. The van der Waals surface area contributed by atoms with E-state index in [-0.39, 0.29) is 5.91 Å². The molecule has 0 saturated carbocycles. The van der Waals surface area contributed by atoms with E-state index in [0.717, 1.165) is 10.0 Å². The molecule has 1 saturated heterocycles. The maximum atomic E-state index is 12.1. The number of likely N-dealkylation sites (N-methyl/N-ethyl adjacent to an activating group) is 1. The van der Waals surface area contributed by atoms with Crippen LogP contribution >= 0.6 is 31.9 Å². The Labute approximate surface area is 138 Å². The zero-order valence-corrected chi connectivity index (χ0v) is 14.3. The number of hydrogen-bond acceptors (Lipinski definition) is 4. The number of amides is 3. The van der Waals surface area contributed by atoms with Crippen molar-refractivity contribution in [2.24, 2.45) is 4.99 Å². The van der Waals surface area contributed by atoms with Gasteiger partial charge < -0.3 is 9.80 Å². The largest absolute Gasteiger partial charge is 0.331 e. The summed E-state index contributed by atoms with van der Waals surface area (Å²) in [5.41, 5.74) is 1.05. The third kappa shape index (κ3) is 2.57. The molecule has 1 fully saturated rings. The van der Waals surface area contributed by atoms with Crippen LogP contribution in [0, 0.1) is 0 Å². The Bertz CT molecular complexity index is 649. The second-order valence-electron chi connectivity index (χ2n) is 4.92. The van der Waals surface area contributed by atoms with Crippen molar-refractivity contribution >= 4 is 48.5 Å². The summed E-state index contributed by atoms with van der Waals surface area (Å²) in [6.07, 6.45) is -0.493. The van der Waals surface area contributed by atoms with Gasteiger partial charge in [-0.05, 0) is 33.6 Å². The van der Waals surface area contributed by atoms with Gasteiger partial charge in [0.25, 0.3) is 5.91 Å². The van der Waals surface area contributed by atoms with Crippen molar-refractivity contribution in [2.75, 3.05) is 7.05 Å². The van der Waals surface area contributed by atoms with Crippen molar-refractivity contribution in [3.63, 3.8) is 0 Å². The van der Waals surface area contributed by atoms with Gasteiger partial charge in [-0.2, -0.15) is 0 Å². The van der Waals surface area contributed by atoms with E-state index in [0.29, 0.717) is 11.3 Å². The number of hydrogen-bond donors (Lipinski definition) is 1. The Morgan fingerprint density at radius 2 is 2.10 bits per heavy atom. The Hall–Kier alpha value is -1.41. The van der Waals surface area contributed by atoms with E-state index < -0.39 is 18.2 Å². The molecule has 6 nitrogen and oxygen atoms in total. The predicted octanol–water partition coefficient (Wildman–Crippen LogP) is 1.89. The van der Waals surface area contributed by atoms with Crippen molar-refractivity contribution in [1.82, 2.24) is 15.1 Å². The first-order chi connectivity index (χ1) is 9.97. The minimum Gasteiger partial charge on any atom is -0.331 e. The fourth-order valence-corrected chi connectivity index (χ4v) is 3.49.